The lowest BCUT2D eigenvalue weighted by molar-refractivity contribution is -0.140. The van der Waals surface area contributed by atoms with Crippen LogP contribution in [-0.4, -0.2) is 38.7 Å². The van der Waals surface area contributed by atoms with Crippen LogP contribution >= 0.6 is 0 Å². The van der Waals surface area contributed by atoms with Gasteiger partial charge in [0, 0.05) is 31.4 Å². The lowest BCUT2D eigenvalue weighted by Crippen LogP contribution is -2.33. The molecule has 0 amide bonds. The third-order valence-corrected chi connectivity index (χ3v) is 3.55. The van der Waals surface area contributed by atoms with Crippen molar-refractivity contribution >= 4 is 5.97 Å². The second kappa shape index (κ2) is 8.15. The second-order valence-corrected chi connectivity index (χ2v) is 6.92. The van der Waals surface area contributed by atoms with Gasteiger partial charge in [-0.2, -0.15) is 0 Å². The molecule has 2 N–H and O–H groups in total. The number of aliphatic carboxylic acids is 1. The van der Waals surface area contributed by atoms with Crippen LogP contribution in [0.3, 0.4) is 0 Å². The summed E-state index contributed by atoms with van der Waals surface area (Å²) in [6.07, 6.45) is 1.22. The van der Waals surface area contributed by atoms with E-state index in [1.165, 1.54) is 23.8 Å². The van der Waals surface area contributed by atoms with E-state index in [-0.39, 0.29) is 0 Å². The van der Waals surface area contributed by atoms with Crippen LogP contribution in [0, 0.1) is 11.8 Å². The predicted octanol–water partition coefficient (Wildman–Crippen LogP) is 2.31. The summed E-state index contributed by atoms with van der Waals surface area (Å²) in [7, 11) is 0. The summed E-state index contributed by atoms with van der Waals surface area (Å²) >= 11 is 0. The summed E-state index contributed by atoms with van der Waals surface area (Å²) in [5, 5.41) is 18.9. The van der Waals surface area contributed by atoms with E-state index in [0.29, 0.717) is 24.1 Å². The number of carbonyl (C=O) groups is 1. The summed E-state index contributed by atoms with van der Waals surface area (Å²) in [6.45, 7) is 12.2. The van der Waals surface area contributed by atoms with Gasteiger partial charge in [0.05, 0.1) is 6.20 Å². The zero-order valence-electron chi connectivity index (χ0n) is 14.6. The monoisotopic (exact) mass is 324 g/mol. The molecule has 0 aromatic carbocycles. The molecule has 0 aliphatic carbocycles. The van der Waals surface area contributed by atoms with Crippen LogP contribution in [0.4, 0.5) is 0 Å². The molecule has 6 nitrogen and oxygen atoms in total. The van der Waals surface area contributed by atoms with Gasteiger partial charge in [-0.1, -0.05) is 27.7 Å². The largest absolute Gasteiger partial charge is 0.503 e. The number of aromatic nitrogens is 1. The minimum absolute atomic E-state index is 0.430. The van der Waals surface area contributed by atoms with Crippen LogP contribution in [0.2, 0.25) is 0 Å². The Morgan fingerprint density at radius 2 is 1.70 bits per heavy atom. The molecule has 1 aromatic heterocycles. The number of hydrogen-bond donors (Lipinski definition) is 2. The first kappa shape index (κ1) is 19.2. The molecule has 0 fully saturated rings. The lowest BCUT2D eigenvalue weighted by Gasteiger charge is -2.28. The van der Waals surface area contributed by atoms with Crippen molar-refractivity contribution in [2.75, 3.05) is 13.1 Å². The number of hydrogen-bond acceptors (Lipinski definition) is 4. The van der Waals surface area contributed by atoms with E-state index in [0.717, 1.165) is 13.1 Å². The highest BCUT2D eigenvalue weighted by Gasteiger charge is 2.19. The van der Waals surface area contributed by atoms with Gasteiger partial charge in [-0.05, 0) is 18.8 Å². The Balaban J connectivity index is 3.19. The van der Waals surface area contributed by atoms with Gasteiger partial charge in [0.25, 0.3) is 0 Å². The van der Waals surface area contributed by atoms with Crippen molar-refractivity contribution in [1.82, 2.24) is 9.47 Å². The van der Waals surface area contributed by atoms with E-state index in [9.17, 15) is 19.8 Å². The molecule has 0 saturated heterocycles. The number of rotatable bonds is 8. The highest BCUT2D eigenvalue weighted by molar-refractivity contribution is 5.71. The molecule has 23 heavy (non-hydrogen) atoms. The Morgan fingerprint density at radius 3 is 2.13 bits per heavy atom. The number of pyridine rings is 1. The van der Waals surface area contributed by atoms with E-state index >= 15 is 0 Å². The van der Waals surface area contributed by atoms with Gasteiger partial charge >= 0.3 is 5.97 Å². The quantitative estimate of drug-likeness (QED) is 0.767. The van der Waals surface area contributed by atoms with Crippen molar-refractivity contribution in [3.05, 3.63) is 28.2 Å². The normalized spacial score (nSPS) is 13.0. The SMILES string of the molecule is CC(C)CN(Cc1cc(=O)c(O)cn1C(C)C(=O)O)CC(C)C. The minimum atomic E-state index is -1.01. The van der Waals surface area contributed by atoms with Crippen molar-refractivity contribution in [3.63, 3.8) is 0 Å². The summed E-state index contributed by atoms with van der Waals surface area (Å²) in [5.74, 6) is -0.513. The number of carboxylic acid groups (broad SMARTS) is 1. The van der Waals surface area contributed by atoms with Crippen LogP contribution in [0.15, 0.2) is 17.1 Å². The molecule has 1 rings (SSSR count). The third kappa shape index (κ3) is 5.71. The Bertz CT molecular complexity index is 583. The second-order valence-electron chi connectivity index (χ2n) is 6.92. The fourth-order valence-electron chi connectivity index (χ4n) is 2.65. The predicted molar refractivity (Wildman–Crippen MR) is 89.7 cm³/mol. The average molecular weight is 324 g/mol. The molecule has 1 unspecified atom stereocenters. The molecule has 0 aliphatic heterocycles. The first-order valence-electron chi connectivity index (χ1n) is 8.01. The third-order valence-electron chi connectivity index (χ3n) is 3.55. The van der Waals surface area contributed by atoms with E-state index in [4.69, 9.17) is 0 Å². The van der Waals surface area contributed by atoms with Gasteiger partial charge in [-0.3, -0.25) is 9.69 Å². The molecule has 1 aromatic rings. The molecule has 130 valence electrons. The van der Waals surface area contributed by atoms with Gasteiger partial charge in [0.1, 0.15) is 6.04 Å². The zero-order valence-corrected chi connectivity index (χ0v) is 14.6. The maximum absolute atomic E-state index is 11.8. The molecule has 0 radical (unpaired) electrons. The smallest absolute Gasteiger partial charge is 0.326 e. The standard InChI is InChI=1S/C17H28N2O4/c1-11(2)7-18(8-12(3)4)9-14-6-15(20)16(21)10-19(14)13(5)17(22)23/h6,10-13,21H,7-9H2,1-5H3,(H,22,23). The van der Waals surface area contributed by atoms with E-state index in [2.05, 4.69) is 32.6 Å². The van der Waals surface area contributed by atoms with Gasteiger partial charge in [0.15, 0.2) is 5.75 Å². The number of nitrogens with zero attached hydrogens (tertiary/aromatic N) is 2. The topological polar surface area (TPSA) is 82.8 Å². The van der Waals surface area contributed by atoms with Gasteiger partial charge in [-0.15, -0.1) is 0 Å². The number of carboxylic acids is 1. The Labute approximate surface area is 137 Å². The maximum Gasteiger partial charge on any atom is 0.326 e. The molecular weight excluding hydrogens is 296 g/mol. The summed E-state index contributed by atoms with van der Waals surface area (Å²) in [6, 6.07) is 0.485. The Morgan fingerprint density at radius 1 is 1.17 bits per heavy atom. The first-order valence-corrected chi connectivity index (χ1v) is 8.01. The van der Waals surface area contributed by atoms with Gasteiger partial charge in [0.2, 0.25) is 5.43 Å². The van der Waals surface area contributed by atoms with Crippen molar-refractivity contribution in [3.8, 4) is 5.75 Å². The van der Waals surface area contributed by atoms with Crippen molar-refractivity contribution in [2.45, 2.75) is 47.2 Å². The van der Waals surface area contributed by atoms with E-state index in [1.54, 1.807) is 0 Å². The molecule has 6 heteroatoms. The molecule has 1 heterocycles. The Hall–Kier alpha value is -1.82. The van der Waals surface area contributed by atoms with Crippen LogP contribution < -0.4 is 5.43 Å². The fraction of sp³-hybridized carbons (Fsp3) is 0.647. The van der Waals surface area contributed by atoms with Crippen LogP contribution in [-0.2, 0) is 11.3 Å². The fourth-order valence-corrected chi connectivity index (χ4v) is 2.65. The molecule has 0 saturated carbocycles. The van der Waals surface area contributed by atoms with Crippen molar-refractivity contribution in [2.24, 2.45) is 11.8 Å². The van der Waals surface area contributed by atoms with E-state index in [1.807, 2.05) is 0 Å². The highest BCUT2D eigenvalue weighted by Crippen LogP contribution is 2.16. The summed E-state index contributed by atoms with van der Waals surface area (Å²) in [5.41, 5.74) is 0.117. The highest BCUT2D eigenvalue weighted by atomic mass is 16.4. The molecule has 0 bridgehead atoms. The summed E-state index contributed by atoms with van der Waals surface area (Å²) in [4.78, 5) is 25.3. The molecule has 1 atom stereocenters. The molecule has 0 spiro atoms. The minimum Gasteiger partial charge on any atom is -0.503 e. The molecular formula is C17H28N2O4. The van der Waals surface area contributed by atoms with Gasteiger partial charge < -0.3 is 14.8 Å². The van der Waals surface area contributed by atoms with Crippen LogP contribution in [0.1, 0.15) is 46.4 Å². The maximum atomic E-state index is 11.8. The number of aromatic hydroxyl groups is 1. The van der Waals surface area contributed by atoms with Crippen LogP contribution in [0.5, 0.6) is 5.75 Å². The molecule has 0 aliphatic rings. The van der Waals surface area contributed by atoms with Crippen LogP contribution in [0.25, 0.3) is 0 Å². The van der Waals surface area contributed by atoms with Crippen molar-refractivity contribution in [1.29, 1.82) is 0 Å². The van der Waals surface area contributed by atoms with E-state index < -0.39 is 23.2 Å². The van der Waals surface area contributed by atoms with Crippen molar-refractivity contribution < 1.29 is 15.0 Å². The van der Waals surface area contributed by atoms with Gasteiger partial charge in [-0.25, -0.2) is 4.79 Å². The average Bonchev–Trinajstić information content (AvgIpc) is 2.40. The summed E-state index contributed by atoms with van der Waals surface area (Å²) < 4.78 is 1.46. The Kier molecular flexibility index (Phi) is 6.81. The lowest BCUT2D eigenvalue weighted by atomic mass is 10.1. The first-order chi connectivity index (χ1) is 10.6. The zero-order chi connectivity index (χ0) is 17.7.